The van der Waals surface area contributed by atoms with E-state index < -0.39 is 41.1 Å². The van der Waals surface area contributed by atoms with E-state index in [2.05, 4.69) is 13.2 Å². The van der Waals surface area contributed by atoms with Crippen molar-refractivity contribution in [2.75, 3.05) is 19.8 Å². The summed E-state index contributed by atoms with van der Waals surface area (Å²) in [5.41, 5.74) is -1.95. The Morgan fingerprint density at radius 2 is 1.92 bits per heavy atom. The molecule has 3 saturated heterocycles. The number of ether oxygens (including phenoxy) is 2. The zero-order valence-corrected chi connectivity index (χ0v) is 24.1. The summed E-state index contributed by atoms with van der Waals surface area (Å²) in [7, 11) is 0. The summed E-state index contributed by atoms with van der Waals surface area (Å²) in [6.45, 7) is 13.9. The summed E-state index contributed by atoms with van der Waals surface area (Å²) in [6, 6.07) is -1.39. The number of carbonyl (C=O) groups excluding carboxylic acids is 3. The van der Waals surface area contributed by atoms with Crippen molar-refractivity contribution in [3.05, 3.63) is 25.3 Å². The molecule has 3 aliphatic heterocycles. The van der Waals surface area contributed by atoms with Crippen LogP contribution in [-0.4, -0.2) is 81.8 Å². The largest absolute Gasteiger partial charge is 0.465 e. The van der Waals surface area contributed by atoms with Crippen LogP contribution in [0.4, 0.5) is 0 Å². The van der Waals surface area contributed by atoms with Crippen LogP contribution in [0.3, 0.4) is 0 Å². The van der Waals surface area contributed by atoms with E-state index in [4.69, 9.17) is 9.47 Å². The van der Waals surface area contributed by atoms with Crippen LogP contribution in [0.1, 0.15) is 85.0 Å². The number of fused-ring (bicyclic) bond motifs is 1. The average Bonchev–Trinajstić information content (AvgIpc) is 3.54. The Balaban J connectivity index is 1.77. The maximum atomic E-state index is 14.7. The number of hydrogen-bond acceptors (Lipinski definition) is 6. The van der Waals surface area contributed by atoms with Crippen molar-refractivity contribution >= 4 is 17.8 Å². The highest BCUT2D eigenvalue weighted by atomic mass is 16.6. The predicted octanol–water partition coefficient (Wildman–Crippen LogP) is 4.01. The molecule has 0 aromatic heterocycles. The van der Waals surface area contributed by atoms with E-state index in [1.54, 1.807) is 17.1 Å². The zero-order chi connectivity index (χ0) is 28.4. The van der Waals surface area contributed by atoms with Gasteiger partial charge in [0.2, 0.25) is 11.8 Å². The monoisotopic (exact) mass is 544 g/mol. The molecule has 1 aliphatic carbocycles. The smallest absolute Gasteiger partial charge is 0.312 e. The van der Waals surface area contributed by atoms with Gasteiger partial charge < -0.3 is 24.4 Å². The molecule has 8 nitrogen and oxygen atoms in total. The van der Waals surface area contributed by atoms with E-state index in [0.717, 1.165) is 38.5 Å². The van der Waals surface area contributed by atoms with E-state index in [9.17, 15) is 19.5 Å². The third-order valence-corrected chi connectivity index (χ3v) is 9.84. The molecule has 0 radical (unpaired) electrons. The number of rotatable bonds is 13. The number of allylic oxidation sites excluding steroid dienone is 1. The molecule has 218 valence electrons. The fraction of sp³-hybridized carbons (Fsp3) is 0.774. The molecule has 0 aromatic carbocycles. The lowest BCUT2D eigenvalue weighted by atomic mass is 9.65. The zero-order valence-electron chi connectivity index (χ0n) is 24.1. The number of nitrogens with zero attached hydrogens (tertiary/aromatic N) is 2. The molecule has 2 amide bonds. The molecule has 1 spiro atoms. The van der Waals surface area contributed by atoms with E-state index in [1.165, 1.54) is 0 Å². The molecule has 8 heteroatoms. The first kappa shape index (κ1) is 29.8. The molecule has 4 rings (SSSR count). The van der Waals surface area contributed by atoms with Crippen LogP contribution in [0.25, 0.3) is 0 Å². The van der Waals surface area contributed by atoms with Gasteiger partial charge in [-0.25, -0.2) is 0 Å². The van der Waals surface area contributed by atoms with E-state index in [-0.39, 0.29) is 37.0 Å². The summed E-state index contributed by atoms with van der Waals surface area (Å²) in [5.74, 6) is -2.52. The second-order valence-electron chi connectivity index (χ2n) is 12.2. The molecule has 4 fully saturated rings. The minimum atomic E-state index is -1.12. The fourth-order valence-electron chi connectivity index (χ4n) is 7.87. The second kappa shape index (κ2) is 12.1. The third kappa shape index (κ3) is 4.96. The third-order valence-electron chi connectivity index (χ3n) is 9.84. The first-order valence-electron chi connectivity index (χ1n) is 15.0. The van der Waals surface area contributed by atoms with Crippen molar-refractivity contribution in [2.45, 2.75) is 114 Å². The number of esters is 1. The second-order valence-corrected chi connectivity index (χ2v) is 12.2. The highest BCUT2D eigenvalue weighted by molar-refractivity contribution is 5.99. The van der Waals surface area contributed by atoms with Crippen LogP contribution >= 0.6 is 0 Å². The topological polar surface area (TPSA) is 96.4 Å². The summed E-state index contributed by atoms with van der Waals surface area (Å²) in [6.07, 6.45) is 11.7. The van der Waals surface area contributed by atoms with Crippen molar-refractivity contribution in [1.82, 2.24) is 9.80 Å². The van der Waals surface area contributed by atoms with Gasteiger partial charge in [-0.05, 0) is 50.9 Å². The normalized spacial score (nSPS) is 32.8. The molecule has 1 N–H and O–H groups in total. The van der Waals surface area contributed by atoms with Gasteiger partial charge in [-0.2, -0.15) is 0 Å². The number of aliphatic hydroxyl groups excluding tert-OH is 1. The van der Waals surface area contributed by atoms with Crippen LogP contribution < -0.4 is 0 Å². The minimum absolute atomic E-state index is 0.0765. The van der Waals surface area contributed by atoms with Crippen LogP contribution in [0.5, 0.6) is 0 Å². The highest BCUT2D eigenvalue weighted by Crippen LogP contribution is 2.65. The standard InChI is InChI=1S/C31H48N2O6/c1-6-9-13-19-38-29(37)25-24-27(35)33(23(20-34)21(4)5)26(31(24)17-16-30(25,8-3)39-31)28(36)32(18-7-2)22-14-11-10-12-15-22/h6-7,21-26,34H,1-2,8-20H2,3-5H3/t23-,24-,25-,26?,30+,31?/m0/s1. The Bertz CT molecular complexity index is 945. The van der Waals surface area contributed by atoms with Gasteiger partial charge in [0.05, 0.1) is 30.8 Å². The molecule has 6 atom stereocenters. The average molecular weight is 545 g/mol. The molecular formula is C31H48N2O6. The summed E-state index contributed by atoms with van der Waals surface area (Å²) in [5, 5.41) is 10.5. The molecule has 4 aliphatic rings. The Labute approximate surface area is 233 Å². The van der Waals surface area contributed by atoms with Gasteiger partial charge in [0.15, 0.2) is 0 Å². The van der Waals surface area contributed by atoms with Gasteiger partial charge in [-0.15, -0.1) is 13.2 Å². The SMILES string of the molecule is C=CCCCOC(=O)[C@@H]1[C@H]2C(=O)N([C@@H](CO)C(C)C)C(C(=O)N(CC=C)C3CCCCC3)C23CC[C@@]1(CC)O3. The number of hydrogen-bond donors (Lipinski definition) is 1. The number of aliphatic hydroxyl groups is 1. The molecule has 39 heavy (non-hydrogen) atoms. The molecule has 2 unspecified atom stereocenters. The van der Waals surface area contributed by atoms with Crippen molar-refractivity contribution in [3.63, 3.8) is 0 Å². The molecule has 3 heterocycles. The molecule has 1 saturated carbocycles. The molecular weight excluding hydrogens is 496 g/mol. The van der Waals surface area contributed by atoms with Crippen LogP contribution in [0.15, 0.2) is 25.3 Å². The van der Waals surface area contributed by atoms with Gasteiger partial charge in [0.25, 0.3) is 0 Å². The number of amides is 2. The maximum Gasteiger partial charge on any atom is 0.312 e. The summed E-state index contributed by atoms with van der Waals surface area (Å²) >= 11 is 0. The Hall–Kier alpha value is -2.19. The fourth-order valence-corrected chi connectivity index (χ4v) is 7.87. The minimum Gasteiger partial charge on any atom is -0.465 e. The number of unbranched alkanes of at least 4 members (excludes halogenated alkanes) is 1. The molecule has 0 aromatic rings. The first-order valence-corrected chi connectivity index (χ1v) is 15.0. The van der Waals surface area contributed by atoms with Gasteiger partial charge >= 0.3 is 5.97 Å². The van der Waals surface area contributed by atoms with Gasteiger partial charge in [0, 0.05) is 12.6 Å². The van der Waals surface area contributed by atoms with E-state index in [0.29, 0.717) is 32.2 Å². The quantitative estimate of drug-likeness (QED) is 0.214. The predicted molar refractivity (Wildman–Crippen MR) is 149 cm³/mol. The summed E-state index contributed by atoms with van der Waals surface area (Å²) in [4.78, 5) is 46.2. The van der Waals surface area contributed by atoms with Crippen LogP contribution in [-0.2, 0) is 23.9 Å². The van der Waals surface area contributed by atoms with Gasteiger partial charge in [0.1, 0.15) is 17.6 Å². The maximum absolute atomic E-state index is 14.7. The lowest BCUT2D eigenvalue weighted by Crippen LogP contribution is -2.61. The Morgan fingerprint density at radius 1 is 1.21 bits per heavy atom. The number of carbonyl (C=O) groups is 3. The lowest BCUT2D eigenvalue weighted by Gasteiger charge is -2.43. The Morgan fingerprint density at radius 3 is 2.51 bits per heavy atom. The highest BCUT2D eigenvalue weighted by Gasteiger charge is 2.79. The van der Waals surface area contributed by atoms with E-state index >= 15 is 0 Å². The molecule has 2 bridgehead atoms. The van der Waals surface area contributed by atoms with Crippen LogP contribution in [0, 0.1) is 17.8 Å². The van der Waals surface area contributed by atoms with Gasteiger partial charge in [-0.3, -0.25) is 14.4 Å². The Kier molecular flexibility index (Phi) is 9.26. The summed E-state index contributed by atoms with van der Waals surface area (Å²) < 4.78 is 12.6. The first-order chi connectivity index (χ1) is 18.7. The van der Waals surface area contributed by atoms with Crippen molar-refractivity contribution in [1.29, 1.82) is 0 Å². The van der Waals surface area contributed by atoms with Crippen molar-refractivity contribution in [3.8, 4) is 0 Å². The lowest BCUT2D eigenvalue weighted by molar-refractivity contribution is -0.165. The number of likely N-dealkylation sites (tertiary alicyclic amines) is 1. The van der Waals surface area contributed by atoms with Crippen LogP contribution in [0.2, 0.25) is 0 Å². The van der Waals surface area contributed by atoms with Crippen molar-refractivity contribution in [2.24, 2.45) is 17.8 Å². The van der Waals surface area contributed by atoms with Gasteiger partial charge in [-0.1, -0.05) is 52.2 Å². The van der Waals surface area contributed by atoms with E-state index in [1.807, 2.05) is 25.7 Å². The van der Waals surface area contributed by atoms with Crippen molar-refractivity contribution < 1.29 is 29.0 Å².